The highest BCUT2D eigenvalue weighted by Gasteiger charge is 2.27. The van der Waals surface area contributed by atoms with E-state index >= 15 is 0 Å². The first-order chi connectivity index (χ1) is 14.8. The quantitative estimate of drug-likeness (QED) is 0.515. The third-order valence-corrected chi connectivity index (χ3v) is 7.48. The Labute approximate surface area is 183 Å². The maximum absolute atomic E-state index is 13.3. The molecular weight excluding hydrogens is 410 g/mol. The van der Waals surface area contributed by atoms with Crippen molar-refractivity contribution in [2.45, 2.75) is 46.6 Å². The second kappa shape index (κ2) is 7.30. The number of rotatable bonds is 2. The van der Waals surface area contributed by atoms with Crippen LogP contribution < -0.4 is 5.56 Å². The van der Waals surface area contributed by atoms with Crippen LogP contribution in [0.1, 0.15) is 51.3 Å². The van der Waals surface area contributed by atoms with Gasteiger partial charge in [0.25, 0.3) is 11.5 Å². The summed E-state index contributed by atoms with van der Waals surface area (Å²) in [5.41, 5.74) is 3.48. The van der Waals surface area contributed by atoms with Crippen LogP contribution in [0.5, 0.6) is 0 Å². The first-order valence-corrected chi connectivity index (χ1v) is 11.4. The largest absolute Gasteiger partial charge is 0.342 e. The number of fused-ring (bicyclic) bond motifs is 2. The third kappa shape index (κ3) is 3.26. The van der Waals surface area contributed by atoms with Crippen LogP contribution in [0, 0.1) is 27.7 Å². The number of aromatic nitrogens is 4. The van der Waals surface area contributed by atoms with Crippen LogP contribution in [0.25, 0.3) is 21.3 Å². The minimum atomic E-state index is 0.0227. The minimum absolute atomic E-state index is 0.0227. The SMILES string of the molecule is Cc1nc2ccc(C(=O)N3CCC(n4c(C)nc5sc(C)c(C)c5c4=O)CC3)cc2[nH]1. The van der Waals surface area contributed by atoms with E-state index < -0.39 is 0 Å². The van der Waals surface area contributed by atoms with Crippen molar-refractivity contribution >= 4 is 38.5 Å². The number of carbonyl (C=O) groups excluding carboxylic acids is 1. The van der Waals surface area contributed by atoms with E-state index in [2.05, 4.69) is 9.97 Å². The van der Waals surface area contributed by atoms with Crippen LogP contribution in [-0.4, -0.2) is 43.4 Å². The molecule has 1 aromatic carbocycles. The fourth-order valence-electron chi connectivity index (χ4n) is 4.62. The van der Waals surface area contributed by atoms with Crippen LogP contribution in [-0.2, 0) is 0 Å². The van der Waals surface area contributed by atoms with Crippen molar-refractivity contribution in [2.24, 2.45) is 0 Å². The third-order valence-electron chi connectivity index (χ3n) is 6.38. The number of imidazole rings is 1. The van der Waals surface area contributed by atoms with Gasteiger partial charge in [0.1, 0.15) is 16.5 Å². The zero-order valence-corrected chi connectivity index (χ0v) is 19.0. The van der Waals surface area contributed by atoms with Crippen molar-refractivity contribution in [1.82, 2.24) is 24.4 Å². The monoisotopic (exact) mass is 435 g/mol. The van der Waals surface area contributed by atoms with Gasteiger partial charge < -0.3 is 9.88 Å². The van der Waals surface area contributed by atoms with Crippen molar-refractivity contribution in [3.63, 3.8) is 0 Å². The van der Waals surface area contributed by atoms with Gasteiger partial charge in [-0.2, -0.15) is 0 Å². The predicted molar refractivity (Wildman–Crippen MR) is 123 cm³/mol. The van der Waals surface area contributed by atoms with Gasteiger partial charge in [0.05, 0.1) is 16.4 Å². The maximum Gasteiger partial charge on any atom is 0.262 e. The number of hydrogen-bond acceptors (Lipinski definition) is 5. The van der Waals surface area contributed by atoms with E-state index in [1.54, 1.807) is 11.3 Å². The highest BCUT2D eigenvalue weighted by molar-refractivity contribution is 7.18. The average molecular weight is 436 g/mol. The van der Waals surface area contributed by atoms with Crippen molar-refractivity contribution in [3.05, 3.63) is 56.2 Å². The Morgan fingerprint density at radius 2 is 1.87 bits per heavy atom. The summed E-state index contributed by atoms with van der Waals surface area (Å²) in [7, 11) is 0. The van der Waals surface area contributed by atoms with Gasteiger partial charge >= 0.3 is 0 Å². The Kier molecular flexibility index (Phi) is 4.69. The van der Waals surface area contributed by atoms with E-state index in [9.17, 15) is 9.59 Å². The van der Waals surface area contributed by atoms with E-state index in [-0.39, 0.29) is 17.5 Å². The number of piperidine rings is 1. The van der Waals surface area contributed by atoms with Gasteiger partial charge in [-0.25, -0.2) is 9.97 Å². The lowest BCUT2D eigenvalue weighted by molar-refractivity contribution is 0.0692. The van der Waals surface area contributed by atoms with Crippen molar-refractivity contribution in [1.29, 1.82) is 0 Å². The molecule has 0 bridgehead atoms. The van der Waals surface area contributed by atoms with Crippen LogP contribution in [0.3, 0.4) is 0 Å². The van der Waals surface area contributed by atoms with Crippen molar-refractivity contribution in [2.75, 3.05) is 13.1 Å². The van der Waals surface area contributed by atoms with Gasteiger partial charge in [-0.15, -0.1) is 11.3 Å². The van der Waals surface area contributed by atoms with Crippen LogP contribution in [0.4, 0.5) is 0 Å². The second-order valence-electron chi connectivity index (χ2n) is 8.38. The van der Waals surface area contributed by atoms with Crippen LogP contribution >= 0.6 is 11.3 Å². The number of thiophene rings is 1. The van der Waals surface area contributed by atoms with Crippen molar-refractivity contribution < 1.29 is 4.79 Å². The van der Waals surface area contributed by atoms with Gasteiger partial charge in [0, 0.05) is 29.6 Å². The highest BCUT2D eigenvalue weighted by Crippen LogP contribution is 2.29. The molecule has 0 radical (unpaired) electrons. The second-order valence-corrected chi connectivity index (χ2v) is 9.58. The Morgan fingerprint density at radius 1 is 1.13 bits per heavy atom. The number of hydrogen-bond donors (Lipinski definition) is 1. The Morgan fingerprint density at radius 3 is 2.61 bits per heavy atom. The lowest BCUT2D eigenvalue weighted by atomic mass is 10.0. The van der Waals surface area contributed by atoms with E-state index in [1.807, 2.05) is 55.4 Å². The molecule has 7 nitrogen and oxygen atoms in total. The molecule has 0 aliphatic carbocycles. The Bertz CT molecular complexity index is 1390. The van der Waals surface area contributed by atoms with E-state index in [1.165, 1.54) is 0 Å². The van der Waals surface area contributed by atoms with Gasteiger partial charge in [-0.1, -0.05) is 0 Å². The molecule has 0 saturated carbocycles. The van der Waals surface area contributed by atoms with Gasteiger partial charge in [0.15, 0.2) is 0 Å². The molecule has 8 heteroatoms. The Hall–Kier alpha value is -3.00. The molecular formula is C23H25N5O2S. The fourth-order valence-corrected chi connectivity index (χ4v) is 5.68. The molecule has 4 aromatic rings. The summed E-state index contributed by atoms with van der Waals surface area (Å²) in [6.07, 6.45) is 1.49. The molecule has 5 rings (SSSR count). The molecule has 1 aliphatic heterocycles. The molecule has 0 unspecified atom stereocenters. The lowest BCUT2D eigenvalue weighted by Crippen LogP contribution is -2.41. The normalized spacial score (nSPS) is 15.3. The summed E-state index contributed by atoms with van der Waals surface area (Å²) in [5.74, 6) is 1.61. The number of nitrogens with one attached hydrogen (secondary N) is 1. The van der Waals surface area contributed by atoms with Gasteiger partial charge in [-0.05, 0) is 64.3 Å². The first-order valence-electron chi connectivity index (χ1n) is 10.6. The predicted octanol–water partition coefficient (Wildman–Crippen LogP) is 4.05. The number of H-pyrrole nitrogens is 1. The molecule has 1 aliphatic rings. The topological polar surface area (TPSA) is 83.9 Å². The summed E-state index contributed by atoms with van der Waals surface area (Å²) in [6, 6.07) is 5.66. The molecule has 31 heavy (non-hydrogen) atoms. The number of aryl methyl sites for hydroxylation is 4. The number of carbonyl (C=O) groups is 1. The van der Waals surface area contributed by atoms with Crippen LogP contribution in [0.15, 0.2) is 23.0 Å². The molecule has 160 valence electrons. The summed E-state index contributed by atoms with van der Waals surface area (Å²) >= 11 is 1.58. The first kappa shape index (κ1) is 19.9. The summed E-state index contributed by atoms with van der Waals surface area (Å²) < 4.78 is 1.85. The zero-order chi connectivity index (χ0) is 21.9. The average Bonchev–Trinajstić information content (AvgIpc) is 3.25. The number of aromatic amines is 1. The molecule has 1 N–H and O–H groups in total. The number of nitrogens with zero attached hydrogens (tertiary/aromatic N) is 4. The smallest absolute Gasteiger partial charge is 0.262 e. The molecule has 0 spiro atoms. The number of likely N-dealkylation sites (tertiary alicyclic amines) is 1. The van der Waals surface area contributed by atoms with E-state index in [0.29, 0.717) is 18.7 Å². The number of benzene rings is 1. The lowest BCUT2D eigenvalue weighted by Gasteiger charge is -2.33. The maximum atomic E-state index is 13.3. The number of amides is 1. The van der Waals surface area contributed by atoms with Crippen molar-refractivity contribution in [3.8, 4) is 0 Å². The molecule has 3 aromatic heterocycles. The molecule has 0 atom stereocenters. The highest BCUT2D eigenvalue weighted by atomic mass is 32.1. The molecule has 1 saturated heterocycles. The molecule has 1 fully saturated rings. The van der Waals surface area contributed by atoms with Gasteiger partial charge in [-0.3, -0.25) is 14.2 Å². The van der Waals surface area contributed by atoms with Crippen LogP contribution in [0.2, 0.25) is 0 Å². The standard InChI is InChI=1S/C23H25N5O2S/c1-12-13(2)31-21-20(12)23(30)28(15(4)26-21)17-7-9-27(10-8-17)22(29)16-5-6-18-19(11-16)25-14(3)24-18/h5-6,11,17H,7-10H2,1-4H3,(H,24,25). The molecule has 1 amide bonds. The Balaban J connectivity index is 1.38. The fraction of sp³-hybridized carbons (Fsp3) is 0.391. The summed E-state index contributed by atoms with van der Waals surface area (Å²) in [4.78, 5) is 42.5. The molecule has 4 heterocycles. The van der Waals surface area contributed by atoms with E-state index in [4.69, 9.17) is 4.98 Å². The minimum Gasteiger partial charge on any atom is -0.342 e. The zero-order valence-electron chi connectivity index (χ0n) is 18.2. The van der Waals surface area contributed by atoms with E-state index in [0.717, 1.165) is 56.2 Å². The summed E-state index contributed by atoms with van der Waals surface area (Å²) in [6.45, 7) is 9.08. The summed E-state index contributed by atoms with van der Waals surface area (Å²) in [5, 5.41) is 0.745. The van der Waals surface area contributed by atoms with Gasteiger partial charge in [0.2, 0.25) is 0 Å².